The Labute approximate surface area is 144 Å². The van der Waals surface area contributed by atoms with Gasteiger partial charge in [0.2, 0.25) is 0 Å². The van der Waals surface area contributed by atoms with Gasteiger partial charge in [-0.1, -0.05) is 68.8 Å². The van der Waals surface area contributed by atoms with Gasteiger partial charge in [0.1, 0.15) is 13.5 Å². The molecule has 4 nitrogen and oxygen atoms in total. The van der Waals surface area contributed by atoms with Crippen molar-refractivity contribution in [3.63, 3.8) is 0 Å². The Kier molecular flexibility index (Phi) is 5.38. The molecule has 2 aromatic carbocycles. The van der Waals surface area contributed by atoms with E-state index in [4.69, 9.17) is 4.18 Å². The van der Waals surface area contributed by atoms with E-state index in [-0.39, 0.29) is 11.2 Å². The van der Waals surface area contributed by atoms with E-state index < -0.39 is 22.4 Å². The van der Waals surface area contributed by atoms with Crippen LogP contribution in [0.5, 0.6) is 0 Å². The van der Waals surface area contributed by atoms with E-state index in [1.165, 1.54) is 12.1 Å². The van der Waals surface area contributed by atoms with Gasteiger partial charge in [0, 0.05) is 10.5 Å². The molecule has 0 amide bonds. The van der Waals surface area contributed by atoms with E-state index in [9.17, 15) is 13.0 Å². The summed E-state index contributed by atoms with van der Waals surface area (Å²) in [6.07, 6.45) is -0.350. The van der Waals surface area contributed by atoms with Gasteiger partial charge in [-0.25, -0.2) is 0 Å². The van der Waals surface area contributed by atoms with Gasteiger partial charge in [-0.15, -0.1) is 0 Å². The summed E-state index contributed by atoms with van der Waals surface area (Å²) in [6.45, 7) is 7.38. The third-order valence-corrected chi connectivity index (χ3v) is 9.20. The molecule has 0 aliphatic carbocycles. The Morgan fingerprint density at radius 3 is 2.00 bits per heavy atom. The molecule has 2 aromatic rings. The first kappa shape index (κ1) is 18.9. The van der Waals surface area contributed by atoms with Crippen molar-refractivity contribution in [2.45, 2.75) is 37.7 Å². The van der Waals surface area contributed by atoms with Crippen LogP contribution in [-0.2, 0) is 18.9 Å². The van der Waals surface area contributed by atoms with Crippen LogP contribution in [0, 0.1) is 6.92 Å². The van der Waals surface area contributed by atoms with Gasteiger partial charge in [-0.05, 0) is 19.1 Å². The van der Waals surface area contributed by atoms with Crippen LogP contribution in [-0.4, -0.2) is 19.9 Å². The predicted octanol–water partition coefficient (Wildman–Crippen LogP) is 4.14. The summed E-state index contributed by atoms with van der Waals surface area (Å²) in [5, 5.41) is 0.00792. The zero-order chi connectivity index (χ0) is 18.0. The van der Waals surface area contributed by atoms with Crippen molar-refractivity contribution >= 4 is 22.6 Å². The first-order chi connectivity index (χ1) is 11.1. The largest absolute Gasteiger partial charge is 0.316 e. The Hall–Kier alpha value is -1.42. The normalized spacial score (nSPS) is 15.0. The number of benzene rings is 2. The summed E-state index contributed by atoms with van der Waals surface area (Å²) >= 11 is 0. The van der Waals surface area contributed by atoms with E-state index >= 15 is 0 Å². The maximum Gasteiger partial charge on any atom is 0.297 e. The summed E-state index contributed by atoms with van der Waals surface area (Å²) in [4.78, 5) is 0.0709. The minimum atomic E-state index is -3.95. The molecule has 0 aliphatic rings. The fraction of sp³-hybridized carbons (Fsp3) is 0.333. The fourth-order valence-corrected chi connectivity index (χ4v) is 5.96. The topological polar surface area (TPSA) is 60.4 Å². The molecule has 0 N–H and O–H groups in total. The summed E-state index contributed by atoms with van der Waals surface area (Å²) in [7, 11) is -7.03. The van der Waals surface area contributed by atoms with Crippen LogP contribution in [0.3, 0.4) is 0 Å². The SMILES string of the molecule is Cc1ccc(S(=O)(=O)OCP(=O)(c2ccccc2)C(C)(C)C)cc1. The molecule has 0 saturated carbocycles. The number of hydrogen-bond acceptors (Lipinski definition) is 4. The molecule has 24 heavy (non-hydrogen) atoms. The summed E-state index contributed by atoms with van der Waals surface area (Å²) < 4.78 is 43.6. The molecular formula is C18H23O4PS. The van der Waals surface area contributed by atoms with Crippen LogP contribution in [0.15, 0.2) is 59.5 Å². The van der Waals surface area contributed by atoms with Crippen LogP contribution < -0.4 is 5.30 Å². The molecular weight excluding hydrogens is 343 g/mol. The summed E-state index contributed by atoms with van der Waals surface area (Å²) in [5.74, 6) is 0. The first-order valence-electron chi connectivity index (χ1n) is 7.67. The Balaban J connectivity index is 2.32. The van der Waals surface area contributed by atoms with E-state index in [1.54, 1.807) is 36.4 Å². The van der Waals surface area contributed by atoms with E-state index in [0.717, 1.165) is 5.56 Å². The quantitative estimate of drug-likeness (QED) is 0.589. The molecule has 6 heteroatoms. The lowest BCUT2D eigenvalue weighted by Crippen LogP contribution is -2.27. The Morgan fingerprint density at radius 2 is 1.50 bits per heavy atom. The van der Waals surface area contributed by atoms with Gasteiger partial charge in [-0.3, -0.25) is 4.18 Å². The molecule has 1 atom stereocenters. The highest BCUT2D eigenvalue weighted by molar-refractivity contribution is 7.87. The second kappa shape index (κ2) is 6.83. The molecule has 0 aromatic heterocycles. The third kappa shape index (κ3) is 3.97. The van der Waals surface area contributed by atoms with Crippen LogP contribution >= 0.6 is 7.14 Å². The van der Waals surface area contributed by atoms with Crippen molar-refractivity contribution in [3.05, 3.63) is 60.2 Å². The molecule has 2 rings (SSSR count). The second-order valence-electron chi connectivity index (χ2n) is 6.76. The highest BCUT2D eigenvalue weighted by atomic mass is 32.2. The monoisotopic (exact) mass is 366 g/mol. The smallest absolute Gasteiger partial charge is 0.297 e. The molecule has 0 radical (unpaired) electrons. The lowest BCUT2D eigenvalue weighted by atomic mass is 10.2. The predicted molar refractivity (Wildman–Crippen MR) is 97.8 cm³/mol. The highest BCUT2D eigenvalue weighted by Crippen LogP contribution is 2.56. The van der Waals surface area contributed by atoms with E-state index in [1.807, 2.05) is 33.8 Å². The first-order valence-corrected chi connectivity index (χ1v) is 11.0. The summed E-state index contributed by atoms with van der Waals surface area (Å²) in [5.41, 5.74) is 0.957. The number of aryl methyl sites for hydroxylation is 1. The van der Waals surface area contributed by atoms with Crippen LogP contribution in [0.1, 0.15) is 26.3 Å². The van der Waals surface area contributed by atoms with Crippen LogP contribution in [0.25, 0.3) is 0 Å². The third-order valence-electron chi connectivity index (χ3n) is 3.96. The molecule has 1 unspecified atom stereocenters. The van der Waals surface area contributed by atoms with Gasteiger partial charge < -0.3 is 4.57 Å². The minimum Gasteiger partial charge on any atom is -0.316 e. The molecule has 130 valence electrons. The average Bonchev–Trinajstić information content (AvgIpc) is 2.53. The fourth-order valence-electron chi connectivity index (χ4n) is 2.24. The van der Waals surface area contributed by atoms with Crippen molar-refractivity contribution in [2.75, 3.05) is 6.35 Å². The molecule has 0 aliphatic heterocycles. The molecule has 0 fully saturated rings. The molecule has 0 saturated heterocycles. The van der Waals surface area contributed by atoms with Gasteiger partial charge >= 0.3 is 0 Å². The zero-order valence-corrected chi connectivity index (χ0v) is 16.1. The summed E-state index contributed by atoms with van der Waals surface area (Å²) in [6, 6.07) is 15.3. The van der Waals surface area contributed by atoms with Crippen molar-refractivity contribution in [3.8, 4) is 0 Å². The van der Waals surface area contributed by atoms with Crippen LogP contribution in [0.2, 0.25) is 0 Å². The highest BCUT2D eigenvalue weighted by Gasteiger charge is 2.39. The van der Waals surface area contributed by atoms with Crippen LogP contribution in [0.4, 0.5) is 0 Å². The van der Waals surface area contributed by atoms with Gasteiger partial charge in [0.25, 0.3) is 10.1 Å². The zero-order valence-electron chi connectivity index (χ0n) is 14.4. The molecule has 0 bridgehead atoms. The minimum absolute atomic E-state index is 0.0709. The molecule has 0 spiro atoms. The molecule has 0 heterocycles. The Bertz CT molecular complexity index is 835. The van der Waals surface area contributed by atoms with Crippen molar-refractivity contribution < 1.29 is 17.2 Å². The van der Waals surface area contributed by atoms with Gasteiger partial charge in [0.15, 0.2) is 0 Å². The number of rotatable bonds is 5. The lowest BCUT2D eigenvalue weighted by Gasteiger charge is -2.31. The lowest BCUT2D eigenvalue weighted by molar-refractivity contribution is 0.365. The van der Waals surface area contributed by atoms with Crippen molar-refractivity contribution in [1.82, 2.24) is 0 Å². The van der Waals surface area contributed by atoms with E-state index in [2.05, 4.69) is 0 Å². The van der Waals surface area contributed by atoms with E-state index in [0.29, 0.717) is 5.30 Å². The van der Waals surface area contributed by atoms with Crippen molar-refractivity contribution in [1.29, 1.82) is 0 Å². The standard InChI is InChI=1S/C18H23O4PS/c1-15-10-12-17(13-11-15)24(20,21)22-14-23(19,18(2,3)4)16-8-6-5-7-9-16/h5-13H,14H2,1-4H3. The van der Waals surface area contributed by atoms with Gasteiger partial charge in [0.05, 0.1) is 4.90 Å². The van der Waals surface area contributed by atoms with Gasteiger partial charge in [-0.2, -0.15) is 8.42 Å². The van der Waals surface area contributed by atoms with Crippen molar-refractivity contribution in [2.24, 2.45) is 0 Å². The number of hydrogen-bond donors (Lipinski definition) is 0. The second-order valence-corrected chi connectivity index (χ2v) is 12.0. The Morgan fingerprint density at radius 1 is 0.958 bits per heavy atom. The maximum atomic E-state index is 13.6. The maximum absolute atomic E-state index is 13.6. The average molecular weight is 366 g/mol.